The molecule has 0 unspecified atom stereocenters. The van der Waals surface area contributed by atoms with Crippen molar-refractivity contribution in [1.82, 2.24) is 24.9 Å². The highest BCUT2D eigenvalue weighted by Crippen LogP contribution is 2.34. The average Bonchev–Trinajstić information content (AvgIpc) is 2.97. The smallest absolute Gasteiger partial charge is 0.308 e. The number of hydrogen-bond donors (Lipinski definition) is 2. The van der Waals surface area contributed by atoms with E-state index in [1.165, 1.54) is 29.4 Å². The van der Waals surface area contributed by atoms with Gasteiger partial charge in [-0.1, -0.05) is 0 Å². The van der Waals surface area contributed by atoms with Crippen LogP contribution in [-0.2, 0) is 11.2 Å². The summed E-state index contributed by atoms with van der Waals surface area (Å²) in [4.78, 5) is 31.2. The molecule has 7 nitrogen and oxygen atoms in total. The van der Waals surface area contributed by atoms with Crippen LogP contribution in [0.3, 0.4) is 0 Å². The van der Waals surface area contributed by atoms with Crippen LogP contribution in [0.1, 0.15) is 10.6 Å². The number of nitrogens with zero attached hydrogens (tertiary/aromatic N) is 4. The van der Waals surface area contributed by atoms with Crippen molar-refractivity contribution in [3.63, 3.8) is 0 Å². The van der Waals surface area contributed by atoms with Gasteiger partial charge in [-0.15, -0.1) is 11.3 Å². The second-order valence-corrected chi connectivity index (χ2v) is 6.26. The van der Waals surface area contributed by atoms with Crippen LogP contribution in [0.15, 0.2) is 22.0 Å². The molecule has 0 saturated carbocycles. The van der Waals surface area contributed by atoms with Crippen molar-refractivity contribution in [2.45, 2.75) is 22.7 Å². The summed E-state index contributed by atoms with van der Waals surface area (Å²) in [6.07, 6.45) is 3.00. The maximum absolute atomic E-state index is 10.8. The first-order valence-electron chi connectivity index (χ1n) is 5.63. The van der Waals surface area contributed by atoms with Crippen LogP contribution >= 0.6 is 23.1 Å². The van der Waals surface area contributed by atoms with Crippen LogP contribution in [0.25, 0.3) is 11.2 Å². The molecule has 102 valence electrons. The fourth-order valence-corrected chi connectivity index (χ4v) is 3.84. The zero-order valence-electron chi connectivity index (χ0n) is 10.3. The second-order valence-electron chi connectivity index (χ2n) is 3.94. The van der Waals surface area contributed by atoms with E-state index >= 15 is 0 Å². The Morgan fingerprint density at radius 1 is 1.45 bits per heavy atom. The van der Waals surface area contributed by atoms with E-state index in [2.05, 4.69) is 24.9 Å². The number of H-pyrrole nitrogens is 1. The van der Waals surface area contributed by atoms with Gasteiger partial charge < -0.3 is 10.1 Å². The fraction of sp³-hybridized carbons (Fsp3) is 0.182. The number of carboxylic acids is 1. The Labute approximate surface area is 121 Å². The lowest BCUT2D eigenvalue weighted by Gasteiger charge is -1.96. The van der Waals surface area contributed by atoms with E-state index in [1.54, 1.807) is 6.33 Å². The molecule has 3 rings (SSSR count). The van der Waals surface area contributed by atoms with E-state index in [4.69, 9.17) is 5.11 Å². The first kappa shape index (κ1) is 13.0. The number of carboxylic acid groups (broad SMARTS) is 1. The summed E-state index contributed by atoms with van der Waals surface area (Å²) >= 11 is 2.75. The number of imidazole rings is 1. The topological polar surface area (TPSA) is 105 Å². The highest BCUT2D eigenvalue weighted by atomic mass is 32.2. The predicted molar refractivity (Wildman–Crippen MR) is 74.0 cm³/mol. The monoisotopic (exact) mass is 307 g/mol. The van der Waals surface area contributed by atoms with E-state index in [-0.39, 0.29) is 6.42 Å². The third-order valence-electron chi connectivity index (χ3n) is 2.56. The molecule has 0 aromatic carbocycles. The Kier molecular flexibility index (Phi) is 3.36. The molecule has 0 fully saturated rings. The van der Waals surface area contributed by atoms with Crippen molar-refractivity contribution < 1.29 is 9.90 Å². The molecule has 20 heavy (non-hydrogen) atoms. The van der Waals surface area contributed by atoms with Gasteiger partial charge in [0.25, 0.3) is 0 Å². The molecule has 3 aromatic rings. The lowest BCUT2D eigenvalue weighted by molar-refractivity contribution is -0.136. The van der Waals surface area contributed by atoms with Gasteiger partial charge in [0.2, 0.25) is 0 Å². The Balaban J connectivity index is 1.91. The molecule has 3 heterocycles. The lowest BCUT2D eigenvalue weighted by Crippen LogP contribution is -1.99. The van der Waals surface area contributed by atoms with Gasteiger partial charge in [0.1, 0.15) is 16.9 Å². The van der Waals surface area contributed by atoms with Crippen LogP contribution in [0.4, 0.5) is 0 Å². The van der Waals surface area contributed by atoms with Crippen molar-refractivity contribution in [3.8, 4) is 0 Å². The number of thiazole rings is 1. The van der Waals surface area contributed by atoms with E-state index in [0.29, 0.717) is 5.65 Å². The van der Waals surface area contributed by atoms with Crippen LogP contribution < -0.4 is 0 Å². The summed E-state index contributed by atoms with van der Waals surface area (Å²) in [5.74, 6) is -0.855. The van der Waals surface area contributed by atoms with E-state index in [9.17, 15) is 4.79 Å². The number of fused-ring (bicyclic) bond motifs is 1. The summed E-state index contributed by atoms with van der Waals surface area (Å²) in [6, 6.07) is 0. The van der Waals surface area contributed by atoms with Gasteiger partial charge in [-0.2, -0.15) is 0 Å². The first-order valence-corrected chi connectivity index (χ1v) is 7.27. The largest absolute Gasteiger partial charge is 0.481 e. The molecule has 3 aromatic heterocycles. The number of rotatable bonds is 4. The average molecular weight is 307 g/mol. The van der Waals surface area contributed by atoms with Crippen LogP contribution in [0.2, 0.25) is 0 Å². The minimum Gasteiger partial charge on any atom is -0.481 e. The Bertz CT molecular complexity index is 782. The van der Waals surface area contributed by atoms with Crippen molar-refractivity contribution in [1.29, 1.82) is 0 Å². The van der Waals surface area contributed by atoms with Gasteiger partial charge in [0.05, 0.1) is 18.4 Å². The molecule has 0 bridgehead atoms. The summed E-state index contributed by atoms with van der Waals surface area (Å²) in [7, 11) is 0. The van der Waals surface area contributed by atoms with Gasteiger partial charge >= 0.3 is 5.97 Å². The SMILES string of the molecule is Cc1nc(Sc2ncnc3nc[nH]c23)sc1CC(=O)O. The maximum Gasteiger partial charge on any atom is 0.308 e. The Morgan fingerprint density at radius 2 is 2.30 bits per heavy atom. The van der Waals surface area contributed by atoms with Gasteiger partial charge in [-0.05, 0) is 18.7 Å². The number of aryl methyl sites for hydroxylation is 1. The number of hydrogen-bond acceptors (Lipinski definition) is 7. The quantitative estimate of drug-likeness (QED) is 0.709. The number of carbonyl (C=O) groups is 1. The third-order valence-corrected chi connectivity index (χ3v) is 4.78. The summed E-state index contributed by atoms with van der Waals surface area (Å²) in [6.45, 7) is 1.81. The van der Waals surface area contributed by atoms with Crippen molar-refractivity contribution in [2.24, 2.45) is 0 Å². The molecule has 0 aliphatic heterocycles. The van der Waals surface area contributed by atoms with Crippen molar-refractivity contribution in [3.05, 3.63) is 23.2 Å². The van der Waals surface area contributed by atoms with Gasteiger partial charge in [-0.25, -0.2) is 19.9 Å². The summed E-state index contributed by atoms with van der Waals surface area (Å²) in [5, 5.41) is 9.57. The number of aromatic nitrogens is 5. The third kappa shape index (κ3) is 2.49. The van der Waals surface area contributed by atoms with E-state index < -0.39 is 5.97 Å². The van der Waals surface area contributed by atoms with Gasteiger partial charge in [0, 0.05) is 4.88 Å². The first-order chi connectivity index (χ1) is 9.63. The molecule has 9 heteroatoms. The van der Waals surface area contributed by atoms with Crippen LogP contribution in [0, 0.1) is 6.92 Å². The normalized spacial score (nSPS) is 11.1. The van der Waals surface area contributed by atoms with Crippen LogP contribution in [0.5, 0.6) is 0 Å². The van der Waals surface area contributed by atoms with Gasteiger partial charge in [0.15, 0.2) is 9.99 Å². The lowest BCUT2D eigenvalue weighted by atomic mass is 10.3. The fourth-order valence-electron chi connectivity index (χ4n) is 1.65. The van der Waals surface area contributed by atoms with Crippen LogP contribution in [-0.4, -0.2) is 36.0 Å². The molecule has 2 N–H and O–H groups in total. The molecular formula is C11H9N5O2S2. The molecule has 0 radical (unpaired) electrons. The highest BCUT2D eigenvalue weighted by molar-refractivity contribution is 8.01. The molecule has 0 spiro atoms. The molecule has 0 saturated heterocycles. The zero-order valence-corrected chi connectivity index (χ0v) is 12.0. The molecule has 0 aliphatic carbocycles. The standard InChI is InChI=1S/C11H9N5O2S2/c1-5-6(2-7(17)18)19-11(16-5)20-10-8-9(13-3-12-8)14-4-15-10/h3-4H,2H2,1H3,(H,17,18)(H,12,13,14,15). The minimum absolute atomic E-state index is 0.00664. The molecule has 0 atom stereocenters. The molecule has 0 aliphatic rings. The predicted octanol–water partition coefficient (Wildman–Crippen LogP) is 1.90. The Hall–Kier alpha value is -2.00. The number of aliphatic carboxylic acids is 1. The summed E-state index contributed by atoms with van der Waals surface area (Å²) in [5.41, 5.74) is 2.10. The zero-order chi connectivity index (χ0) is 14.1. The van der Waals surface area contributed by atoms with Crippen molar-refractivity contribution >= 4 is 40.2 Å². The van der Waals surface area contributed by atoms with E-state index in [0.717, 1.165) is 25.5 Å². The number of nitrogens with one attached hydrogen (secondary N) is 1. The second kappa shape index (κ2) is 5.17. The van der Waals surface area contributed by atoms with Crippen molar-refractivity contribution in [2.75, 3.05) is 0 Å². The van der Waals surface area contributed by atoms with Gasteiger partial charge in [-0.3, -0.25) is 4.79 Å². The molecule has 0 amide bonds. The Morgan fingerprint density at radius 3 is 3.10 bits per heavy atom. The maximum atomic E-state index is 10.8. The summed E-state index contributed by atoms with van der Waals surface area (Å²) < 4.78 is 0.758. The highest BCUT2D eigenvalue weighted by Gasteiger charge is 2.14. The minimum atomic E-state index is -0.855. The number of aromatic amines is 1. The molecular weight excluding hydrogens is 298 g/mol. The van der Waals surface area contributed by atoms with E-state index in [1.807, 2.05) is 6.92 Å².